The fourth-order valence-electron chi connectivity index (χ4n) is 1.19. The molecule has 0 fully saturated rings. The number of rotatable bonds is 2. The maximum Gasteiger partial charge on any atom is 0.177 e. The molecule has 1 aromatic rings. The third-order valence-electron chi connectivity index (χ3n) is 1.93. The molecule has 0 bridgehead atoms. The first kappa shape index (κ1) is 10.1. The summed E-state index contributed by atoms with van der Waals surface area (Å²) in [4.78, 5) is 11.2. The van der Waals surface area contributed by atoms with Gasteiger partial charge in [-0.2, -0.15) is 0 Å². The first-order chi connectivity index (χ1) is 6.06. The van der Waals surface area contributed by atoms with Crippen LogP contribution in [0.2, 0.25) is 0 Å². The van der Waals surface area contributed by atoms with E-state index in [1.807, 2.05) is 0 Å². The molecule has 0 aliphatic heterocycles. The van der Waals surface area contributed by atoms with Crippen LogP contribution in [0.4, 0.5) is 0 Å². The quantitative estimate of drug-likeness (QED) is 0.586. The van der Waals surface area contributed by atoms with Gasteiger partial charge in [-0.15, -0.1) is 11.6 Å². The Balaban J connectivity index is 3.20. The van der Waals surface area contributed by atoms with Crippen LogP contribution in [0.25, 0.3) is 0 Å². The molecule has 0 aliphatic carbocycles. The summed E-state index contributed by atoms with van der Waals surface area (Å²) in [5, 5.41) is 9.44. The first-order valence-electron chi connectivity index (χ1n) is 3.95. The van der Waals surface area contributed by atoms with Crippen LogP contribution in [-0.2, 0) is 0 Å². The Morgan fingerprint density at radius 2 is 1.85 bits per heavy atom. The fraction of sp³-hybridized carbons (Fsp3) is 0.300. The number of hydrogen-bond acceptors (Lipinski definition) is 2. The van der Waals surface area contributed by atoms with Crippen molar-refractivity contribution in [2.45, 2.75) is 13.8 Å². The molecular weight excluding hydrogens is 188 g/mol. The normalized spacial score (nSPS) is 10.1. The molecule has 1 aromatic carbocycles. The Hall–Kier alpha value is -1.02. The summed E-state index contributed by atoms with van der Waals surface area (Å²) in [6.07, 6.45) is 0. The van der Waals surface area contributed by atoms with Gasteiger partial charge in [0.15, 0.2) is 5.78 Å². The topological polar surface area (TPSA) is 37.3 Å². The lowest BCUT2D eigenvalue weighted by atomic mass is 10.0. The van der Waals surface area contributed by atoms with Crippen LogP contribution in [0, 0.1) is 13.8 Å². The predicted molar refractivity (Wildman–Crippen MR) is 52.6 cm³/mol. The van der Waals surface area contributed by atoms with Gasteiger partial charge in [0.05, 0.1) is 5.88 Å². The van der Waals surface area contributed by atoms with Gasteiger partial charge in [0.2, 0.25) is 0 Å². The smallest absolute Gasteiger partial charge is 0.177 e. The number of carbonyl (C=O) groups excluding carboxylic acids is 1. The lowest BCUT2D eigenvalue weighted by Gasteiger charge is -2.05. The number of phenolic OH excluding ortho intramolecular Hbond substituents is 1. The van der Waals surface area contributed by atoms with Crippen molar-refractivity contribution in [3.8, 4) is 5.75 Å². The summed E-state index contributed by atoms with van der Waals surface area (Å²) in [7, 11) is 0. The summed E-state index contributed by atoms with van der Waals surface area (Å²) in [5.74, 6) is 0.0999. The Morgan fingerprint density at radius 1 is 1.38 bits per heavy atom. The number of phenols is 1. The Bertz CT molecular complexity index is 322. The van der Waals surface area contributed by atoms with Gasteiger partial charge in [0, 0.05) is 5.56 Å². The zero-order valence-electron chi connectivity index (χ0n) is 7.60. The van der Waals surface area contributed by atoms with E-state index in [4.69, 9.17) is 11.6 Å². The van der Waals surface area contributed by atoms with E-state index in [1.165, 1.54) is 0 Å². The van der Waals surface area contributed by atoms with E-state index >= 15 is 0 Å². The number of alkyl halides is 1. The van der Waals surface area contributed by atoms with Gasteiger partial charge in [-0.05, 0) is 37.1 Å². The standard InChI is InChI=1S/C10H11ClO2/c1-6-3-8(9(12)5-11)4-7(2)10(6)13/h3-4,13H,5H2,1-2H3. The fourth-order valence-corrected chi connectivity index (χ4v) is 1.35. The zero-order valence-corrected chi connectivity index (χ0v) is 8.35. The Kier molecular flexibility index (Phi) is 2.94. The van der Waals surface area contributed by atoms with Crippen molar-refractivity contribution in [1.82, 2.24) is 0 Å². The molecule has 0 aromatic heterocycles. The molecule has 0 saturated heterocycles. The lowest BCUT2D eigenvalue weighted by molar-refractivity contribution is 0.102. The summed E-state index contributed by atoms with van der Waals surface area (Å²) in [5.41, 5.74) is 1.96. The van der Waals surface area contributed by atoms with Gasteiger partial charge in [-0.1, -0.05) is 0 Å². The number of halogens is 1. The molecule has 0 unspecified atom stereocenters. The second kappa shape index (κ2) is 3.79. The van der Waals surface area contributed by atoms with Gasteiger partial charge in [-0.25, -0.2) is 0 Å². The van der Waals surface area contributed by atoms with Crippen LogP contribution in [0.3, 0.4) is 0 Å². The van der Waals surface area contributed by atoms with Crippen LogP contribution in [0.1, 0.15) is 21.5 Å². The van der Waals surface area contributed by atoms with Gasteiger partial charge < -0.3 is 5.11 Å². The molecule has 70 valence electrons. The molecule has 1 rings (SSSR count). The maximum absolute atomic E-state index is 11.2. The van der Waals surface area contributed by atoms with E-state index in [1.54, 1.807) is 26.0 Å². The van der Waals surface area contributed by atoms with Gasteiger partial charge in [0.25, 0.3) is 0 Å². The zero-order chi connectivity index (χ0) is 10.0. The first-order valence-corrected chi connectivity index (χ1v) is 4.49. The number of benzene rings is 1. The summed E-state index contributed by atoms with van der Waals surface area (Å²) in [6.45, 7) is 3.51. The summed E-state index contributed by atoms with van der Waals surface area (Å²) < 4.78 is 0. The summed E-state index contributed by atoms with van der Waals surface area (Å²) >= 11 is 5.42. The predicted octanol–water partition coefficient (Wildman–Crippen LogP) is 2.43. The highest BCUT2D eigenvalue weighted by atomic mass is 35.5. The lowest BCUT2D eigenvalue weighted by Crippen LogP contribution is -2.01. The van der Waals surface area contributed by atoms with Crippen LogP contribution in [0.15, 0.2) is 12.1 Å². The highest BCUT2D eigenvalue weighted by Gasteiger charge is 2.08. The van der Waals surface area contributed by atoms with Crippen molar-refractivity contribution in [1.29, 1.82) is 0 Å². The number of aromatic hydroxyl groups is 1. The monoisotopic (exact) mass is 198 g/mol. The minimum absolute atomic E-state index is 0.0242. The van der Waals surface area contributed by atoms with E-state index in [9.17, 15) is 9.90 Å². The molecule has 0 radical (unpaired) electrons. The second-order valence-electron chi connectivity index (χ2n) is 3.02. The molecule has 13 heavy (non-hydrogen) atoms. The van der Waals surface area contributed by atoms with E-state index in [0.29, 0.717) is 16.7 Å². The summed E-state index contributed by atoms with van der Waals surface area (Å²) in [6, 6.07) is 3.29. The number of Topliss-reactive ketones (excluding diaryl/α,β-unsaturated/α-hetero) is 1. The number of hydrogen-bond donors (Lipinski definition) is 1. The van der Waals surface area contributed by atoms with Gasteiger partial charge in [-0.3, -0.25) is 4.79 Å². The molecule has 0 amide bonds. The average molecular weight is 199 g/mol. The molecule has 2 nitrogen and oxygen atoms in total. The molecule has 0 aliphatic rings. The van der Waals surface area contributed by atoms with Crippen molar-refractivity contribution in [2.24, 2.45) is 0 Å². The van der Waals surface area contributed by atoms with E-state index in [-0.39, 0.29) is 17.4 Å². The molecular formula is C10H11ClO2. The number of aryl methyl sites for hydroxylation is 2. The number of ketones is 1. The number of carbonyl (C=O) groups is 1. The third kappa shape index (κ3) is 2.01. The van der Waals surface area contributed by atoms with Crippen LogP contribution in [0.5, 0.6) is 5.75 Å². The van der Waals surface area contributed by atoms with Crippen LogP contribution < -0.4 is 0 Å². The van der Waals surface area contributed by atoms with Gasteiger partial charge >= 0.3 is 0 Å². The van der Waals surface area contributed by atoms with Crippen molar-refractivity contribution in [3.05, 3.63) is 28.8 Å². The average Bonchev–Trinajstić information content (AvgIpc) is 2.12. The van der Waals surface area contributed by atoms with Crippen molar-refractivity contribution in [2.75, 3.05) is 5.88 Å². The molecule has 0 atom stereocenters. The molecule has 0 heterocycles. The second-order valence-corrected chi connectivity index (χ2v) is 3.28. The van der Waals surface area contributed by atoms with Crippen molar-refractivity contribution in [3.63, 3.8) is 0 Å². The maximum atomic E-state index is 11.2. The third-order valence-corrected chi connectivity index (χ3v) is 2.18. The molecule has 0 saturated carbocycles. The molecule has 3 heteroatoms. The minimum Gasteiger partial charge on any atom is -0.507 e. The largest absolute Gasteiger partial charge is 0.507 e. The van der Waals surface area contributed by atoms with Crippen LogP contribution >= 0.6 is 11.6 Å². The molecule has 0 spiro atoms. The minimum atomic E-state index is -0.118. The van der Waals surface area contributed by atoms with Gasteiger partial charge in [0.1, 0.15) is 5.75 Å². The Morgan fingerprint density at radius 3 is 2.23 bits per heavy atom. The highest BCUT2D eigenvalue weighted by molar-refractivity contribution is 6.30. The van der Waals surface area contributed by atoms with E-state index in [2.05, 4.69) is 0 Å². The SMILES string of the molecule is Cc1cc(C(=O)CCl)cc(C)c1O. The highest BCUT2D eigenvalue weighted by Crippen LogP contribution is 2.23. The molecule has 1 N–H and O–H groups in total. The van der Waals surface area contributed by atoms with Crippen molar-refractivity contribution >= 4 is 17.4 Å². The Labute approximate surface area is 82.2 Å². The van der Waals surface area contributed by atoms with Crippen LogP contribution in [-0.4, -0.2) is 16.8 Å². The van der Waals surface area contributed by atoms with E-state index < -0.39 is 0 Å². The van der Waals surface area contributed by atoms with Crippen molar-refractivity contribution < 1.29 is 9.90 Å². The van der Waals surface area contributed by atoms with E-state index in [0.717, 1.165) is 0 Å².